The maximum atomic E-state index is 11.9. The molecular formula is C18H21N3O3. The Morgan fingerprint density at radius 3 is 2.12 bits per heavy atom. The van der Waals surface area contributed by atoms with E-state index in [0.29, 0.717) is 24.2 Å². The van der Waals surface area contributed by atoms with E-state index >= 15 is 0 Å². The number of amides is 3. The lowest BCUT2D eigenvalue weighted by atomic mass is 9.68. The van der Waals surface area contributed by atoms with Gasteiger partial charge in [-0.2, -0.15) is 0 Å². The molecule has 1 aromatic rings. The van der Waals surface area contributed by atoms with Crippen LogP contribution in [0.1, 0.15) is 32.1 Å². The van der Waals surface area contributed by atoms with Gasteiger partial charge in [-0.15, -0.1) is 0 Å². The molecule has 2 heterocycles. The maximum absolute atomic E-state index is 11.9. The van der Waals surface area contributed by atoms with Gasteiger partial charge in [-0.1, -0.05) is 0 Å². The SMILES string of the molecule is O=C1CCC2(CC1)CN(c1ccc(N3CCC(=O)NC3=O)cc1)C2. The second-order valence-corrected chi connectivity index (χ2v) is 7.17. The average molecular weight is 327 g/mol. The van der Waals surface area contributed by atoms with Crippen LogP contribution < -0.4 is 15.1 Å². The van der Waals surface area contributed by atoms with Crippen molar-refractivity contribution in [3.8, 4) is 0 Å². The van der Waals surface area contributed by atoms with Crippen LogP contribution in [0.2, 0.25) is 0 Å². The Kier molecular flexibility index (Phi) is 3.55. The molecule has 2 saturated heterocycles. The van der Waals surface area contributed by atoms with Crippen LogP contribution in [0, 0.1) is 5.41 Å². The maximum Gasteiger partial charge on any atom is 0.328 e. The van der Waals surface area contributed by atoms with Crippen LogP contribution in [-0.2, 0) is 9.59 Å². The lowest BCUT2D eigenvalue weighted by molar-refractivity contribution is -0.123. The number of carbonyl (C=O) groups is 3. The molecule has 126 valence electrons. The molecule has 4 rings (SSSR count). The molecule has 1 aliphatic carbocycles. The van der Waals surface area contributed by atoms with Gasteiger partial charge in [-0.25, -0.2) is 4.79 Å². The molecule has 0 atom stereocenters. The van der Waals surface area contributed by atoms with E-state index < -0.39 is 0 Å². The monoisotopic (exact) mass is 327 g/mol. The molecule has 1 N–H and O–H groups in total. The summed E-state index contributed by atoms with van der Waals surface area (Å²) in [5.41, 5.74) is 2.29. The quantitative estimate of drug-likeness (QED) is 0.903. The number of Topliss-reactive ketones (excluding diaryl/α,β-unsaturated/α-hetero) is 1. The Bertz CT molecular complexity index is 680. The average Bonchev–Trinajstić information content (AvgIpc) is 2.54. The molecule has 24 heavy (non-hydrogen) atoms. The van der Waals surface area contributed by atoms with E-state index in [1.807, 2.05) is 24.3 Å². The molecule has 3 aliphatic rings. The van der Waals surface area contributed by atoms with Gasteiger partial charge >= 0.3 is 6.03 Å². The number of carbonyl (C=O) groups excluding carboxylic acids is 3. The number of anilines is 2. The van der Waals surface area contributed by atoms with E-state index in [-0.39, 0.29) is 11.9 Å². The number of urea groups is 1. The summed E-state index contributed by atoms with van der Waals surface area (Å²) in [6.45, 7) is 2.45. The summed E-state index contributed by atoms with van der Waals surface area (Å²) in [5.74, 6) is 0.187. The van der Waals surface area contributed by atoms with Crippen LogP contribution in [-0.4, -0.2) is 37.4 Å². The molecule has 1 saturated carbocycles. The molecule has 0 aromatic heterocycles. The number of nitrogens with zero attached hydrogens (tertiary/aromatic N) is 2. The van der Waals surface area contributed by atoms with Crippen LogP contribution >= 0.6 is 0 Å². The predicted octanol–water partition coefficient (Wildman–Crippen LogP) is 2.08. The molecule has 6 nitrogen and oxygen atoms in total. The first-order valence-corrected chi connectivity index (χ1v) is 8.53. The van der Waals surface area contributed by atoms with Gasteiger partial charge in [0.05, 0.1) is 0 Å². The third-order valence-corrected chi connectivity index (χ3v) is 5.50. The van der Waals surface area contributed by atoms with Crippen LogP contribution in [0.15, 0.2) is 24.3 Å². The minimum atomic E-state index is -0.353. The van der Waals surface area contributed by atoms with E-state index in [1.165, 1.54) is 0 Å². The van der Waals surface area contributed by atoms with Crippen molar-refractivity contribution in [2.24, 2.45) is 5.41 Å². The summed E-state index contributed by atoms with van der Waals surface area (Å²) in [5, 5.41) is 2.34. The van der Waals surface area contributed by atoms with Gasteiger partial charge in [-0.3, -0.25) is 19.8 Å². The van der Waals surface area contributed by atoms with Gasteiger partial charge in [0.2, 0.25) is 5.91 Å². The molecule has 3 fully saturated rings. The fraction of sp³-hybridized carbons (Fsp3) is 0.500. The molecule has 0 unspecified atom stereocenters. The largest absolute Gasteiger partial charge is 0.370 e. The van der Waals surface area contributed by atoms with Gasteiger partial charge in [-0.05, 0) is 37.1 Å². The van der Waals surface area contributed by atoms with Crippen molar-refractivity contribution in [3.05, 3.63) is 24.3 Å². The normalized spacial score (nSPS) is 23.2. The summed E-state index contributed by atoms with van der Waals surface area (Å²) in [4.78, 5) is 38.4. The van der Waals surface area contributed by atoms with Crippen molar-refractivity contribution in [3.63, 3.8) is 0 Å². The number of hydrogen-bond acceptors (Lipinski definition) is 4. The standard InChI is InChI=1S/C18H21N3O3/c22-15-5-8-18(9-6-15)11-20(12-18)13-1-3-14(4-2-13)21-10-7-16(23)19-17(21)24/h1-4H,5-12H2,(H,19,23,24). The first-order chi connectivity index (χ1) is 11.5. The van der Waals surface area contributed by atoms with E-state index in [9.17, 15) is 14.4 Å². The van der Waals surface area contributed by atoms with Gasteiger partial charge in [0.15, 0.2) is 0 Å². The molecule has 3 amide bonds. The highest BCUT2D eigenvalue weighted by molar-refractivity contribution is 6.05. The topological polar surface area (TPSA) is 69.7 Å². The molecule has 1 spiro atoms. The summed E-state index contributed by atoms with van der Waals surface area (Å²) in [7, 11) is 0. The number of ketones is 1. The molecule has 0 radical (unpaired) electrons. The number of hydrogen-bond donors (Lipinski definition) is 1. The molecule has 2 aliphatic heterocycles. The fourth-order valence-corrected chi connectivity index (χ4v) is 3.98. The van der Waals surface area contributed by atoms with Crippen molar-refractivity contribution < 1.29 is 14.4 Å². The Balaban J connectivity index is 1.39. The Hall–Kier alpha value is -2.37. The minimum absolute atomic E-state index is 0.218. The zero-order valence-electron chi connectivity index (χ0n) is 13.6. The third-order valence-electron chi connectivity index (χ3n) is 5.50. The van der Waals surface area contributed by atoms with Crippen molar-refractivity contribution in [2.75, 3.05) is 29.4 Å². The second kappa shape index (κ2) is 5.61. The van der Waals surface area contributed by atoms with E-state index in [1.54, 1.807) is 4.90 Å². The first kappa shape index (κ1) is 15.2. The van der Waals surface area contributed by atoms with E-state index in [2.05, 4.69) is 10.2 Å². The molecule has 6 heteroatoms. The molecular weight excluding hydrogens is 306 g/mol. The van der Waals surface area contributed by atoms with E-state index in [4.69, 9.17) is 0 Å². The van der Waals surface area contributed by atoms with Crippen LogP contribution in [0.4, 0.5) is 16.2 Å². The van der Waals surface area contributed by atoms with Gasteiger partial charge < -0.3 is 4.90 Å². The van der Waals surface area contributed by atoms with Crippen molar-refractivity contribution in [2.45, 2.75) is 32.1 Å². The number of nitrogens with one attached hydrogen (secondary N) is 1. The number of rotatable bonds is 2. The third kappa shape index (κ3) is 2.66. The van der Waals surface area contributed by atoms with Crippen molar-refractivity contribution >= 4 is 29.1 Å². The highest BCUT2D eigenvalue weighted by atomic mass is 16.2. The van der Waals surface area contributed by atoms with Crippen LogP contribution in [0.25, 0.3) is 0 Å². The summed E-state index contributed by atoms with van der Waals surface area (Å²) >= 11 is 0. The number of imide groups is 1. The minimum Gasteiger partial charge on any atom is -0.370 e. The number of benzene rings is 1. The zero-order valence-corrected chi connectivity index (χ0v) is 13.6. The van der Waals surface area contributed by atoms with Crippen LogP contribution in [0.3, 0.4) is 0 Å². The summed E-state index contributed by atoms with van der Waals surface area (Å²) in [6.07, 6.45) is 3.83. The van der Waals surface area contributed by atoms with Gasteiger partial charge in [0, 0.05) is 55.7 Å². The highest BCUT2D eigenvalue weighted by Crippen LogP contribution is 2.44. The Labute approximate surface area is 140 Å². The highest BCUT2D eigenvalue weighted by Gasteiger charge is 2.44. The summed E-state index contributed by atoms with van der Waals surface area (Å²) in [6, 6.07) is 7.56. The lowest BCUT2D eigenvalue weighted by Crippen LogP contribution is -2.57. The summed E-state index contributed by atoms with van der Waals surface area (Å²) < 4.78 is 0. The predicted molar refractivity (Wildman–Crippen MR) is 90.1 cm³/mol. The van der Waals surface area contributed by atoms with E-state index in [0.717, 1.165) is 50.1 Å². The Morgan fingerprint density at radius 2 is 1.50 bits per heavy atom. The van der Waals surface area contributed by atoms with Crippen LogP contribution in [0.5, 0.6) is 0 Å². The molecule has 1 aromatic carbocycles. The van der Waals surface area contributed by atoms with Gasteiger partial charge in [0.1, 0.15) is 5.78 Å². The lowest BCUT2D eigenvalue weighted by Gasteiger charge is -2.53. The molecule has 0 bridgehead atoms. The van der Waals surface area contributed by atoms with Crippen molar-refractivity contribution in [1.29, 1.82) is 0 Å². The fourth-order valence-electron chi connectivity index (χ4n) is 3.98. The van der Waals surface area contributed by atoms with Gasteiger partial charge in [0.25, 0.3) is 0 Å². The second-order valence-electron chi connectivity index (χ2n) is 7.17. The smallest absolute Gasteiger partial charge is 0.328 e. The zero-order chi connectivity index (χ0) is 16.7. The first-order valence-electron chi connectivity index (χ1n) is 8.53. The van der Waals surface area contributed by atoms with Crippen molar-refractivity contribution in [1.82, 2.24) is 5.32 Å². The Morgan fingerprint density at radius 1 is 0.875 bits per heavy atom.